The van der Waals surface area contributed by atoms with Crippen LogP contribution in [0.15, 0.2) is 24.3 Å². The van der Waals surface area contributed by atoms with Crippen LogP contribution in [0.2, 0.25) is 0 Å². The molecule has 17 heavy (non-hydrogen) atoms. The number of benzene rings is 1. The lowest BCUT2D eigenvalue weighted by molar-refractivity contribution is 0.340. The molecule has 1 aromatic carbocycles. The van der Waals surface area contributed by atoms with Crippen molar-refractivity contribution in [1.29, 1.82) is 0 Å². The third-order valence-corrected chi connectivity index (χ3v) is 2.76. The van der Waals surface area contributed by atoms with Gasteiger partial charge in [0.05, 0.1) is 12.1 Å². The Morgan fingerprint density at radius 2 is 2.00 bits per heavy atom. The number of rotatable bonds is 2. The lowest BCUT2D eigenvalue weighted by atomic mass is 9.91. The molecule has 1 heterocycles. The summed E-state index contributed by atoms with van der Waals surface area (Å²) in [6, 6.07) is 6.22. The van der Waals surface area contributed by atoms with Gasteiger partial charge in [0.1, 0.15) is 5.75 Å². The van der Waals surface area contributed by atoms with Crippen LogP contribution < -0.4 is 10.1 Å². The van der Waals surface area contributed by atoms with Crippen molar-refractivity contribution in [3.05, 3.63) is 29.8 Å². The second-order valence-corrected chi connectivity index (χ2v) is 4.81. The van der Waals surface area contributed by atoms with Gasteiger partial charge in [-0.3, -0.25) is 0 Å². The van der Waals surface area contributed by atoms with Crippen LogP contribution in [0.25, 0.3) is 5.57 Å². The smallest absolute Gasteiger partial charge is 0.120 e. The Morgan fingerprint density at radius 1 is 1.29 bits per heavy atom. The van der Waals surface area contributed by atoms with E-state index in [1.807, 2.05) is 13.0 Å². The Hall–Kier alpha value is -0.960. The summed E-state index contributed by atoms with van der Waals surface area (Å²) in [7, 11) is 0. The SMILES string of the molecule is Br.CCOc1ccc2c(c1)C(C)=CC(C)(C)N2. The number of allylic oxidation sites excluding steroid dienone is 1. The average molecular weight is 298 g/mol. The summed E-state index contributed by atoms with van der Waals surface area (Å²) in [6.45, 7) is 9.22. The van der Waals surface area contributed by atoms with Crippen LogP contribution >= 0.6 is 17.0 Å². The van der Waals surface area contributed by atoms with Crippen molar-refractivity contribution in [1.82, 2.24) is 0 Å². The normalized spacial score (nSPS) is 16.1. The lowest BCUT2D eigenvalue weighted by Gasteiger charge is -2.31. The standard InChI is InChI=1S/C14H19NO.BrH/c1-5-16-11-6-7-13-12(8-11)10(2)9-14(3,4)15-13;/h6-9,15H,5H2,1-4H3;1H. The molecule has 2 rings (SSSR count). The van der Waals surface area contributed by atoms with E-state index in [9.17, 15) is 0 Å². The molecule has 0 saturated carbocycles. The number of nitrogens with one attached hydrogen (secondary N) is 1. The molecule has 0 amide bonds. The van der Waals surface area contributed by atoms with Crippen molar-refractivity contribution in [3.8, 4) is 5.75 Å². The monoisotopic (exact) mass is 297 g/mol. The van der Waals surface area contributed by atoms with Gasteiger partial charge in [-0.25, -0.2) is 0 Å². The van der Waals surface area contributed by atoms with Crippen molar-refractivity contribution < 1.29 is 4.74 Å². The predicted octanol–water partition coefficient (Wildman–Crippen LogP) is 4.27. The van der Waals surface area contributed by atoms with Gasteiger partial charge >= 0.3 is 0 Å². The zero-order chi connectivity index (χ0) is 11.8. The molecule has 0 saturated heterocycles. The first-order valence-corrected chi connectivity index (χ1v) is 5.77. The molecule has 0 bridgehead atoms. The van der Waals surface area contributed by atoms with Gasteiger partial charge in [-0.15, -0.1) is 17.0 Å². The quantitative estimate of drug-likeness (QED) is 0.880. The van der Waals surface area contributed by atoms with Gasteiger partial charge in [-0.05, 0) is 51.5 Å². The van der Waals surface area contributed by atoms with Crippen LogP contribution in [-0.2, 0) is 0 Å². The molecule has 94 valence electrons. The fraction of sp³-hybridized carbons (Fsp3) is 0.429. The Morgan fingerprint density at radius 3 is 2.65 bits per heavy atom. The maximum Gasteiger partial charge on any atom is 0.120 e. The topological polar surface area (TPSA) is 21.3 Å². The van der Waals surface area contributed by atoms with Crippen molar-refractivity contribution in [2.75, 3.05) is 11.9 Å². The van der Waals surface area contributed by atoms with E-state index in [1.165, 1.54) is 16.8 Å². The molecular formula is C14H20BrNO. The van der Waals surface area contributed by atoms with Gasteiger partial charge in [0, 0.05) is 11.3 Å². The van der Waals surface area contributed by atoms with E-state index in [1.54, 1.807) is 0 Å². The summed E-state index contributed by atoms with van der Waals surface area (Å²) in [6.07, 6.45) is 2.26. The third-order valence-electron chi connectivity index (χ3n) is 2.76. The number of hydrogen-bond donors (Lipinski definition) is 1. The molecule has 3 heteroatoms. The van der Waals surface area contributed by atoms with Gasteiger partial charge in [0.25, 0.3) is 0 Å². The molecule has 0 spiro atoms. The minimum atomic E-state index is 0. The van der Waals surface area contributed by atoms with Gasteiger partial charge < -0.3 is 10.1 Å². The first kappa shape index (κ1) is 14.1. The number of anilines is 1. The van der Waals surface area contributed by atoms with Gasteiger partial charge in [-0.1, -0.05) is 6.08 Å². The largest absolute Gasteiger partial charge is 0.494 e. The molecule has 0 aromatic heterocycles. The van der Waals surface area contributed by atoms with Crippen LogP contribution in [0.3, 0.4) is 0 Å². The third kappa shape index (κ3) is 3.03. The van der Waals surface area contributed by atoms with E-state index >= 15 is 0 Å². The fourth-order valence-corrected chi connectivity index (χ4v) is 2.22. The highest BCUT2D eigenvalue weighted by molar-refractivity contribution is 8.93. The van der Waals surface area contributed by atoms with E-state index in [4.69, 9.17) is 4.74 Å². The molecule has 0 atom stereocenters. The first-order valence-electron chi connectivity index (χ1n) is 5.77. The fourth-order valence-electron chi connectivity index (χ4n) is 2.22. The van der Waals surface area contributed by atoms with Crippen molar-refractivity contribution in [3.63, 3.8) is 0 Å². The first-order chi connectivity index (χ1) is 7.52. The van der Waals surface area contributed by atoms with Crippen LogP contribution in [0.1, 0.15) is 33.3 Å². The summed E-state index contributed by atoms with van der Waals surface area (Å²) >= 11 is 0. The number of hydrogen-bond acceptors (Lipinski definition) is 2. The summed E-state index contributed by atoms with van der Waals surface area (Å²) in [5.74, 6) is 0.940. The Kier molecular flexibility index (Phi) is 4.26. The molecule has 0 radical (unpaired) electrons. The van der Waals surface area contributed by atoms with E-state index in [2.05, 4.69) is 44.3 Å². The van der Waals surface area contributed by atoms with Gasteiger partial charge in [0.15, 0.2) is 0 Å². The van der Waals surface area contributed by atoms with Crippen LogP contribution in [0, 0.1) is 0 Å². The number of halogens is 1. The highest BCUT2D eigenvalue weighted by atomic mass is 79.9. The molecule has 1 N–H and O–H groups in total. The summed E-state index contributed by atoms with van der Waals surface area (Å²) in [5, 5.41) is 3.50. The van der Waals surface area contributed by atoms with E-state index in [0.717, 1.165) is 5.75 Å². The maximum atomic E-state index is 5.52. The van der Waals surface area contributed by atoms with Gasteiger partial charge in [-0.2, -0.15) is 0 Å². The minimum absolute atomic E-state index is 0. The van der Waals surface area contributed by atoms with Crippen molar-refractivity contribution in [2.45, 2.75) is 33.2 Å². The molecule has 0 fully saturated rings. The second-order valence-electron chi connectivity index (χ2n) is 4.81. The molecule has 0 unspecified atom stereocenters. The highest BCUT2D eigenvalue weighted by Gasteiger charge is 2.22. The maximum absolute atomic E-state index is 5.52. The van der Waals surface area contributed by atoms with Crippen LogP contribution in [0.4, 0.5) is 5.69 Å². The number of ether oxygens (including phenoxy) is 1. The van der Waals surface area contributed by atoms with E-state index in [0.29, 0.717) is 6.61 Å². The molecule has 0 aliphatic carbocycles. The van der Waals surface area contributed by atoms with Crippen LogP contribution in [-0.4, -0.2) is 12.1 Å². The highest BCUT2D eigenvalue weighted by Crippen LogP contribution is 2.35. The van der Waals surface area contributed by atoms with E-state index < -0.39 is 0 Å². The van der Waals surface area contributed by atoms with E-state index in [-0.39, 0.29) is 22.5 Å². The number of fused-ring (bicyclic) bond motifs is 1. The lowest BCUT2D eigenvalue weighted by Crippen LogP contribution is -2.31. The molecule has 2 nitrogen and oxygen atoms in total. The van der Waals surface area contributed by atoms with Crippen LogP contribution in [0.5, 0.6) is 5.75 Å². The summed E-state index contributed by atoms with van der Waals surface area (Å²) in [5.41, 5.74) is 3.77. The molecule has 1 aliphatic heterocycles. The Labute approximate surface area is 114 Å². The summed E-state index contributed by atoms with van der Waals surface area (Å²) in [4.78, 5) is 0. The van der Waals surface area contributed by atoms with Crippen molar-refractivity contribution in [2.24, 2.45) is 0 Å². The average Bonchev–Trinajstić information content (AvgIpc) is 2.18. The Bertz CT molecular complexity index is 438. The van der Waals surface area contributed by atoms with Crippen molar-refractivity contribution >= 4 is 28.2 Å². The molecule has 1 aliphatic rings. The second kappa shape index (κ2) is 5.13. The molecular weight excluding hydrogens is 278 g/mol. The summed E-state index contributed by atoms with van der Waals surface area (Å²) < 4.78 is 5.52. The molecule has 1 aromatic rings. The van der Waals surface area contributed by atoms with Gasteiger partial charge in [0.2, 0.25) is 0 Å². The zero-order valence-electron chi connectivity index (χ0n) is 10.8. The minimum Gasteiger partial charge on any atom is -0.494 e. The predicted molar refractivity (Wildman–Crippen MR) is 79.3 cm³/mol. The zero-order valence-corrected chi connectivity index (χ0v) is 12.5. The Balaban J connectivity index is 0.00000144.